The number of benzene rings is 1. The zero-order valence-corrected chi connectivity index (χ0v) is 12.7. The van der Waals surface area contributed by atoms with Gasteiger partial charge in [-0.05, 0) is 26.0 Å². The van der Waals surface area contributed by atoms with Crippen LogP contribution in [0.25, 0.3) is 0 Å². The highest BCUT2D eigenvalue weighted by atomic mass is 32.1. The fourth-order valence-electron chi connectivity index (χ4n) is 1.74. The van der Waals surface area contributed by atoms with E-state index in [1.165, 1.54) is 10.6 Å². The van der Waals surface area contributed by atoms with Crippen molar-refractivity contribution >= 4 is 17.0 Å². The van der Waals surface area contributed by atoms with Crippen LogP contribution < -0.4 is 14.3 Å². The minimum Gasteiger partial charge on any atom is -0.497 e. The molecule has 0 saturated heterocycles. The molecule has 2 aromatic rings. The summed E-state index contributed by atoms with van der Waals surface area (Å²) in [7, 11) is 5.30. The van der Waals surface area contributed by atoms with E-state index in [0.29, 0.717) is 5.75 Å². The Balaban J connectivity index is 2.56. The molecule has 19 heavy (non-hydrogen) atoms. The van der Waals surface area contributed by atoms with Gasteiger partial charge in [-0.25, -0.2) is 4.99 Å². The maximum absolute atomic E-state index is 5.36. The first-order valence-electron chi connectivity index (χ1n) is 5.96. The minimum atomic E-state index is 0.711. The minimum absolute atomic E-state index is 0.711. The molecule has 102 valence electrons. The fourth-order valence-corrected chi connectivity index (χ4v) is 2.71. The van der Waals surface area contributed by atoms with E-state index in [4.69, 9.17) is 9.47 Å². The van der Waals surface area contributed by atoms with Crippen molar-refractivity contribution in [3.63, 3.8) is 0 Å². The van der Waals surface area contributed by atoms with Crippen LogP contribution in [-0.2, 0) is 7.05 Å². The standard InChI is InChI=1S/C14H18N2O2S/c1-9-10(2)19-14(16(9)3)15-12-7-6-11(17-4)8-13(12)18-5/h6-8H,1-5H3. The Morgan fingerprint density at radius 2 is 1.89 bits per heavy atom. The average molecular weight is 278 g/mol. The van der Waals surface area contributed by atoms with Crippen LogP contribution in [0, 0.1) is 13.8 Å². The lowest BCUT2D eigenvalue weighted by atomic mass is 10.3. The van der Waals surface area contributed by atoms with Gasteiger partial charge in [0.25, 0.3) is 0 Å². The van der Waals surface area contributed by atoms with Crippen molar-refractivity contribution < 1.29 is 9.47 Å². The van der Waals surface area contributed by atoms with Crippen molar-refractivity contribution in [1.29, 1.82) is 0 Å². The van der Waals surface area contributed by atoms with Crippen LogP contribution >= 0.6 is 11.3 Å². The monoisotopic (exact) mass is 278 g/mol. The Morgan fingerprint density at radius 1 is 1.16 bits per heavy atom. The third kappa shape index (κ3) is 2.66. The van der Waals surface area contributed by atoms with Crippen LogP contribution in [0.15, 0.2) is 23.2 Å². The zero-order chi connectivity index (χ0) is 14.0. The smallest absolute Gasteiger partial charge is 0.190 e. The lowest BCUT2D eigenvalue weighted by Gasteiger charge is -2.06. The molecule has 2 rings (SSSR count). The fraction of sp³-hybridized carbons (Fsp3) is 0.357. The molecule has 0 bridgehead atoms. The summed E-state index contributed by atoms with van der Waals surface area (Å²) in [5.41, 5.74) is 2.04. The van der Waals surface area contributed by atoms with E-state index in [0.717, 1.165) is 16.2 Å². The molecule has 1 heterocycles. The molecule has 0 fully saturated rings. The summed E-state index contributed by atoms with van der Waals surface area (Å²) in [6.07, 6.45) is 0. The lowest BCUT2D eigenvalue weighted by molar-refractivity contribution is 0.395. The SMILES string of the molecule is COc1ccc(N=c2sc(C)c(C)n2C)c(OC)c1. The molecule has 0 atom stereocenters. The number of methoxy groups -OCH3 is 2. The highest BCUT2D eigenvalue weighted by Gasteiger charge is 2.06. The largest absolute Gasteiger partial charge is 0.497 e. The number of thiazole rings is 1. The van der Waals surface area contributed by atoms with Crippen LogP contribution in [0.2, 0.25) is 0 Å². The van der Waals surface area contributed by atoms with Crippen molar-refractivity contribution in [3.05, 3.63) is 33.6 Å². The summed E-state index contributed by atoms with van der Waals surface area (Å²) in [5.74, 6) is 1.47. The number of nitrogens with zero attached hydrogens (tertiary/aromatic N) is 2. The predicted octanol–water partition coefficient (Wildman–Crippen LogP) is 2.95. The second-order valence-electron chi connectivity index (χ2n) is 4.23. The molecular formula is C14H18N2O2S. The Morgan fingerprint density at radius 3 is 2.42 bits per heavy atom. The third-order valence-electron chi connectivity index (χ3n) is 3.15. The van der Waals surface area contributed by atoms with Crippen molar-refractivity contribution in [1.82, 2.24) is 4.57 Å². The highest BCUT2D eigenvalue weighted by molar-refractivity contribution is 7.09. The van der Waals surface area contributed by atoms with Crippen LogP contribution in [-0.4, -0.2) is 18.8 Å². The molecule has 0 unspecified atom stereocenters. The maximum atomic E-state index is 5.36. The Labute approximate surface area is 117 Å². The van der Waals surface area contributed by atoms with E-state index >= 15 is 0 Å². The summed E-state index contributed by atoms with van der Waals surface area (Å²) in [6.45, 7) is 4.19. The van der Waals surface area contributed by atoms with Gasteiger partial charge >= 0.3 is 0 Å². The maximum Gasteiger partial charge on any atom is 0.190 e. The second kappa shape index (κ2) is 5.48. The molecule has 0 N–H and O–H groups in total. The van der Waals surface area contributed by atoms with Crippen LogP contribution in [0.5, 0.6) is 11.5 Å². The highest BCUT2D eigenvalue weighted by Crippen LogP contribution is 2.31. The second-order valence-corrected chi connectivity index (χ2v) is 5.42. The van der Waals surface area contributed by atoms with E-state index in [1.54, 1.807) is 25.6 Å². The Bertz CT molecular complexity index is 656. The first-order chi connectivity index (χ1) is 9.06. The number of hydrogen-bond acceptors (Lipinski definition) is 4. The van der Waals surface area contributed by atoms with Gasteiger partial charge in [0.1, 0.15) is 17.2 Å². The number of rotatable bonds is 3. The normalized spacial score (nSPS) is 11.7. The summed E-state index contributed by atoms with van der Waals surface area (Å²) < 4.78 is 12.6. The molecular weight excluding hydrogens is 260 g/mol. The van der Waals surface area contributed by atoms with Gasteiger partial charge in [0.05, 0.1) is 14.2 Å². The first kappa shape index (κ1) is 13.7. The van der Waals surface area contributed by atoms with E-state index in [1.807, 2.05) is 25.2 Å². The van der Waals surface area contributed by atoms with Gasteiger partial charge in [0.15, 0.2) is 4.80 Å². The van der Waals surface area contributed by atoms with Gasteiger partial charge in [-0.15, -0.1) is 11.3 Å². The van der Waals surface area contributed by atoms with E-state index in [9.17, 15) is 0 Å². The quantitative estimate of drug-likeness (QED) is 0.865. The number of ether oxygens (including phenoxy) is 2. The number of aromatic nitrogens is 1. The van der Waals surface area contributed by atoms with Gasteiger partial charge in [-0.3, -0.25) is 0 Å². The number of aryl methyl sites for hydroxylation is 1. The summed E-state index contributed by atoms with van der Waals surface area (Å²) in [6, 6.07) is 5.63. The molecule has 5 heteroatoms. The van der Waals surface area contributed by atoms with Crippen LogP contribution in [0.1, 0.15) is 10.6 Å². The van der Waals surface area contributed by atoms with Gasteiger partial charge < -0.3 is 14.0 Å². The number of hydrogen-bond donors (Lipinski definition) is 0. The van der Waals surface area contributed by atoms with Crippen molar-refractivity contribution in [3.8, 4) is 11.5 Å². The molecule has 0 aliphatic rings. The van der Waals surface area contributed by atoms with E-state index in [-0.39, 0.29) is 0 Å². The summed E-state index contributed by atoms with van der Waals surface area (Å²) in [5, 5.41) is 0. The predicted molar refractivity (Wildman–Crippen MR) is 77.5 cm³/mol. The molecule has 4 nitrogen and oxygen atoms in total. The Kier molecular flexibility index (Phi) is 3.95. The molecule has 0 saturated carbocycles. The molecule has 0 spiro atoms. The molecule has 1 aromatic heterocycles. The summed E-state index contributed by atoms with van der Waals surface area (Å²) in [4.78, 5) is 6.90. The molecule has 0 aliphatic carbocycles. The van der Waals surface area contributed by atoms with Crippen LogP contribution in [0.3, 0.4) is 0 Å². The Hall–Kier alpha value is -1.75. The van der Waals surface area contributed by atoms with E-state index < -0.39 is 0 Å². The van der Waals surface area contributed by atoms with Gasteiger partial charge in [-0.1, -0.05) is 0 Å². The summed E-state index contributed by atoms with van der Waals surface area (Å²) >= 11 is 1.67. The van der Waals surface area contributed by atoms with Gasteiger partial charge in [0, 0.05) is 23.7 Å². The average Bonchev–Trinajstić information content (AvgIpc) is 2.67. The lowest BCUT2D eigenvalue weighted by Crippen LogP contribution is -2.11. The molecule has 1 aromatic carbocycles. The van der Waals surface area contributed by atoms with Crippen molar-refractivity contribution in [2.75, 3.05) is 14.2 Å². The van der Waals surface area contributed by atoms with Crippen molar-refractivity contribution in [2.24, 2.45) is 12.0 Å². The molecule has 0 radical (unpaired) electrons. The molecule has 0 aliphatic heterocycles. The van der Waals surface area contributed by atoms with Gasteiger partial charge in [0.2, 0.25) is 0 Å². The third-order valence-corrected chi connectivity index (χ3v) is 4.30. The first-order valence-corrected chi connectivity index (χ1v) is 6.78. The van der Waals surface area contributed by atoms with Crippen molar-refractivity contribution in [2.45, 2.75) is 13.8 Å². The van der Waals surface area contributed by atoms with E-state index in [2.05, 4.69) is 23.4 Å². The van der Waals surface area contributed by atoms with Gasteiger partial charge in [-0.2, -0.15) is 0 Å². The zero-order valence-electron chi connectivity index (χ0n) is 11.9. The molecule has 0 amide bonds. The van der Waals surface area contributed by atoms with Crippen LogP contribution in [0.4, 0.5) is 5.69 Å². The topological polar surface area (TPSA) is 35.8 Å².